The Hall–Kier alpha value is -2.34. The first-order valence-corrected chi connectivity index (χ1v) is 11.5. The summed E-state index contributed by atoms with van der Waals surface area (Å²) in [4.78, 5) is 31.7. The van der Waals surface area contributed by atoms with Crippen LogP contribution in [-0.2, 0) is 11.4 Å². The van der Waals surface area contributed by atoms with Gasteiger partial charge < -0.3 is 14.5 Å². The van der Waals surface area contributed by atoms with Gasteiger partial charge in [-0.1, -0.05) is 12.1 Å². The predicted octanol–water partition coefficient (Wildman–Crippen LogP) is 4.17. The highest BCUT2D eigenvalue weighted by Gasteiger charge is 2.32. The van der Waals surface area contributed by atoms with Crippen LogP contribution >= 0.6 is 11.3 Å². The number of fused-ring (bicyclic) bond motifs is 3. The number of amides is 2. The topological polar surface area (TPSA) is 49.9 Å². The number of para-hydroxylation sites is 1. The normalized spacial score (nSPS) is 19.3. The van der Waals surface area contributed by atoms with E-state index in [4.69, 9.17) is 4.74 Å². The molecule has 0 saturated carbocycles. The Balaban J connectivity index is 1.25. The molecular weight excluding hydrogens is 384 g/mol. The molecule has 1 aromatic heterocycles. The standard InChI is InChI=1S/C23H26N2O3S/c26-22(24-10-4-1-5-11-24)16-8-12-25(13-9-16)23(27)20-14-17-15-28-19-7-3-2-6-18(19)21(17)29-20/h2-3,6-7,14,16H,1,4-5,8-13,15H2. The molecule has 6 heteroatoms. The third kappa shape index (κ3) is 3.54. The first-order valence-electron chi connectivity index (χ1n) is 10.6. The molecule has 2 fully saturated rings. The molecule has 0 spiro atoms. The van der Waals surface area contributed by atoms with E-state index in [1.165, 1.54) is 6.42 Å². The number of hydrogen-bond donors (Lipinski definition) is 0. The second-order valence-corrected chi connectivity index (χ2v) is 9.25. The minimum Gasteiger partial charge on any atom is -0.488 e. The summed E-state index contributed by atoms with van der Waals surface area (Å²) in [5, 5.41) is 0. The van der Waals surface area contributed by atoms with Gasteiger partial charge in [-0.15, -0.1) is 11.3 Å². The van der Waals surface area contributed by atoms with Gasteiger partial charge in [0.1, 0.15) is 12.4 Å². The van der Waals surface area contributed by atoms with E-state index in [-0.39, 0.29) is 11.8 Å². The van der Waals surface area contributed by atoms with Crippen LogP contribution in [0.15, 0.2) is 30.3 Å². The van der Waals surface area contributed by atoms with Gasteiger partial charge in [-0.05, 0) is 50.3 Å². The zero-order chi connectivity index (χ0) is 19.8. The third-order valence-electron chi connectivity index (χ3n) is 6.33. The molecule has 2 aromatic rings. The lowest BCUT2D eigenvalue weighted by Gasteiger charge is -2.35. The Labute approximate surface area is 175 Å². The SMILES string of the molecule is O=C(c1cc2c(s1)-c1ccccc1OC2)N1CCC(C(=O)N2CCCCC2)CC1. The molecule has 5 nitrogen and oxygen atoms in total. The van der Waals surface area contributed by atoms with Gasteiger partial charge in [-0.25, -0.2) is 0 Å². The minimum atomic E-state index is 0.0777. The number of carbonyl (C=O) groups excluding carboxylic acids is 2. The molecule has 2 amide bonds. The molecule has 1 aromatic carbocycles. The van der Waals surface area contributed by atoms with Gasteiger partial charge in [0.15, 0.2) is 0 Å². The van der Waals surface area contributed by atoms with Gasteiger partial charge in [0.25, 0.3) is 5.91 Å². The van der Waals surface area contributed by atoms with Crippen LogP contribution in [0.25, 0.3) is 10.4 Å². The van der Waals surface area contributed by atoms with E-state index in [1.807, 2.05) is 34.1 Å². The first-order chi connectivity index (χ1) is 14.2. The van der Waals surface area contributed by atoms with E-state index in [0.29, 0.717) is 25.6 Å². The van der Waals surface area contributed by atoms with Crippen molar-refractivity contribution in [2.24, 2.45) is 5.92 Å². The fraction of sp³-hybridized carbons (Fsp3) is 0.478. The van der Waals surface area contributed by atoms with Crippen LogP contribution in [0.3, 0.4) is 0 Å². The van der Waals surface area contributed by atoms with Gasteiger partial charge in [-0.2, -0.15) is 0 Å². The number of thiophene rings is 1. The largest absolute Gasteiger partial charge is 0.488 e. The Morgan fingerprint density at radius 1 is 0.966 bits per heavy atom. The predicted molar refractivity (Wildman–Crippen MR) is 113 cm³/mol. The lowest BCUT2D eigenvalue weighted by molar-refractivity contribution is -0.137. The molecule has 4 heterocycles. The van der Waals surface area contributed by atoms with Crippen LogP contribution in [0.5, 0.6) is 5.75 Å². The van der Waals surface area contributed by atoms with Crippen molar-refractivity contribution in [1.82, 2.24) is 9.80 Å². The van der Waals surface area contributed by atoms with Crippen molar-refractivity contribution < 1.29 is 14.3 Å². The van der Waals surface area contributed by atoms with Crippen LogP contribution in [-0.4, -0.2) is 47.8 Å². The van der Waals surface area contributed by atoms with Gasteiger partial charge >= 0.3 is 0 Å². The van der Waals surface area contributed by atoms with Crippen LogP contribution in [0.2, 0.25) is 0 Å². The zero-order valence-corrected chi connectivity index (χ0v) is 17.4. The van der Waals surface area contributed by atoms with E-state index in [0.717, 1.165) is 65.4 Å². The monoisotopic (exact) mass is 410 g/mol. The highest BCUT2D eigenvalue weighted by Crippen LogP contribution is 2.42. The quantitative estimate of drug-likeness (QED) is 0.747. The van der Waals surface area contributed by atoms with Crippen molar-refractivity contribution in [3.8, 4) is 16.2 Å². The number of carbonyl (C=O) groups is 2. The van der Waals surface area contributed by atoms with E-state index in [9.17, 15) is 9.59 Å². The lowest BCUT2D eigenvalue weighted by Crippen LogP contribution is -2.45. The second-order valence-electron chi connectivity index (χ2n) is 8.20. The fourth-order valence-corrected chi connectivity index (χ4v) is 5.83. The summed E-state index contributed by atoms with van der Waals surface area (Å²) in [5.41, 5.74) is 2.16. The Morgan fingerprint density at radius 3 is 2.52 bits per heavy atom. The molecule has 2 saturated heterocycles. The minimum absolute atomic E-state index is 0.0777. The van der Waals surface area contributed by atoms with Crippen LogP contribution in [0.4, 0.5) is 0 Å². The molecule has 0 radical (unpaired) electrons. The average Bonchev–Trinajstić information content (AvgIpc) is 3.24. The summed E-state index contributed by atoms with van der Waals surface area (Å²) in [6, 6.07) is 9.99. The van der Waals surface area contributed by atoms with Crippen molar-refractivity contribution in [2.45, 2.75) is 38.7 Å². The Kier molecular flexibility index (Phi) is 5.04. The number of ether oxygens (including phenoxy) is 1. The van der Waals surface area contributed by atoms with Crippen molar-refractivity contribution in [2.75, 3.05) is 26.2 Å². The first kappa shape index (κ1) is 18.7. The lowest BCUT2D eigenvalue weighted by atomic mass is 9.94. The number of likely N-dealkylation sites (tertiary alicyclic amines) is 2. The van der Waals surface area contributed by atoms with E-state index < -0.39 is 0 Å². The molecule has 3 aliphatic heterocycles. The maximum atomic E-state index is 13.1. The molecule has 3 aliphatic rings. The smallest absolute Gasteiger partial charge is 0.263 e. The van der Waals surface area contributed by atoms with Crippen LogP contribution < -0.4 is 4.74 Å². The Bertz CT molecular complexity index is 924. The summed E-state index contributed by atoms with van der Waals surface area (Å²) < 4.78 is 5.83. The van der Waals surface area contributed by atoms with Crippen molar-refractivity contribution >= 4 is 23.2 Å². The van der Waals surface area contributed by atoms with Crippen molar-refractivity contribution in [1.29, 1.82) is 0 Å². The Morgan fingerprint density at radius 2 is 1.72 bits per heavy atom. The molecule has 152 valence electrons. The number of rotatable bonds is 2. The number of piperidine rings is 2. The van der Waals surface area contributed by atoms with Crippen LogP contribution in [0, 0.1) is 5.92 Å². The molecule has 0 unspecified atom stereocenters. The van der Waals surface area contributed by atoms with Crippen molar-refractivity contribution in [3.05, 3.63) is 40.8 Å². The van der Waals surface area contributed by atoms with Gasteiger partial charge in [0, 0.05) is 48.1 Å². The second kappa shape index (κ2) is 7.82. The highest BCUT2D eigenvalue weighted by molar-refractivity contribution is 7.17. The molecular formula is C23H26N2O3S. The summed E-state index contributed by atoms with van der Waals surface area (Å²) in [5.74, 6) is 1.36. The van der Waals surface area contributed by atoms with Crippen molar-refractivity contribution in [3.63, 3.8) is 0 Å². The van der Waals surface area contributed by atoms with E-state index in [2.05, 4.69) is 6.07 Å². The molecule has 29 heavy (non-hydrogen) atoms. The maximum Gasteiger partial charge on any atom is 0.263 e. The average molecular weight is 411 g/mol. The highest BCUT2D eigenvalue weighted by atomic mass is 32.1. The van der Waals surface area contributed by atoms with E-state index in [1.54, 1.807) is 11.3 Å². The summed E-state index contributed by atoms with van der Waals surface area (Å²) in [6.45, 7) is 3.66. The summed E-state index contributed by atoms with van der Waals surface area (Å²) in [6.07, 6.45) is 5.03. The third-order valence-corrected chi connectivity index (χ3v) is 7.53. The van der Waals surface area contributed by atoms with E-state index >= 15 is 0 Å². The molecule has 0 bridgehead atoms. The zero-order valence-electron chi connectivity index (χ0n) is 16.6. The number of benzene rings is 1. The molecule has 0 aliphatic carbocycles. The molecule has 5 rings (SSSR count). The van der Waals surface area contributed by atoms with Crippen LogP contribution in [0.1, 0.15) is 47.3 Å². The molecule has 0 atom stereocenters. The van der Waals surface area contributed by atoms with Gasteiger partial charge in [0.2, 0.25) is 5.91 Å². The maximum absolute atomic E-state index is 13.1. The summed E-state index contributed by atoms with van der Waals surface area (Å²) in [7, 11) is 0. The fourth-order valence-electron chi connectivity index (χ4n) is 4.66. The molecule has 0 N–H and O–H groups in total. The summed E-state index contributed by atoms with van der Waals surface area (Å²) >= 11 is 1.56. The van der Waals surface area contributed by atoms with Gasteiger partial charge in [0.05, 0.1) is 4.88 Å². The van der Waals surface area contributed by atoms with Gasteiger partial charge in [-0.3, -0.25) is 9.59 Å². The number of hydrogen-bond acceptors (Lipinski definition) is 4. The number of nitrogens with zero attached hydrogens (tertiary/aromatic N) is 2.